The fourth-order valence-electron chi connectivity index (χ4n) is 17.5. The van der Waals surface area contributed by atoms with Crippen molar-refractivity contribution in [3.63, 3.8) is 0 Å². The molecule has 7 N–H and O–H groups in total. The van der Waals surface area contributed by atoms with Crippen molar-refractivity contribution in [3.8, 4) is 101 Å². The van der Waals surface area contributed by atoms with E-state index < -0.39 is 5.97 Å². The zero-order valence-electron chi connectivity index (χ0n) is 72.9. The molecule has 0 saturated heterocycles. The number of hydrogen-bond donors (Lipinski definition) is 7. The molecule has 17 aromatic rings. The molecular weight excluding hydrogens is 1690 g/mol. The minimum absolute atomic E-state index is 0.0139. The number of benzene rings is 9. The van der Waals surface area contributed by atoms with Gasteiger partial charge < -0.3 is 54.6 Å². The van der Waals surface area contributed by atoms with Gasteiger partial charge >= 0.3 is 5.97 Å². The molecule has 12 heterocycles. The molecule has 2 amide bonds. The molecule has 0 unspecified atom stereocenters. The summed E-state index contributed by atoms with van der Waals surface area (Å²) in [6.07, 6.45) is 20.1. The van der Waals surface area contributed by atoms with Gasteiger partial charge in [-0.05, 0) is 178 Å². The molecule has 4 aliphatic rings. The van der Waals surface area contributed by atoms with E-state index in [1.807, 2.05) is 133 Å². The number of carbonyl (C=O) groups excluding carboxylic acids is 2. The molecule has 24 nitrogen and oxygen atoms in total. The fraction of sp³-hybridized carbons (Fsp3) is 0.0901. The number of aromatic amines is 4. The van der Waals surface area contributed by atoms with Crippen molar-refractivity contribution in [2.45, 2.75) is 26.2 Å². The van der Waals surface area contributed by atoms with Crippen LogP contribution < -0.4 is 20.1 Å². The largest absolute Gasteiger partial charge is 0.491 e. The third-order valence-corrected chi connectivity index (χ3v) is 23.8. The number of nitrogens with zero attached hydrogens (tertiary/aromatic N) is 10. The van der Waals surface area contributed by atoms with Gasteiger partial charge in [-0.3, -0.25) is 9.59 Å². The average Bonchev–Trinajstić information content (AvgIpc) is 1.62. The highest BCUT2D eigenvalue weighted by atomic mass is 16.5. The predicted octanol–water partition coefficient (Wildman–Crippen LogP) is 21.9. The van der Waals surface area contributed by atoms with Gasteiger partial charge in [0.15, 0.2) is 0 Å². The number of hydrogen-bond acceptors (Lipinski definition) is 15. The first-order chi connectivity index (χ1) is 66.5. The maximum Gasteiger partial charge on any atom is 0.335 e. The summed E-state index contributed by atoms with van der Waals surface area (Å²) in [5.41, 5.74) is 30.6. The van der Waals surface area contributed by atoms with Gasteiger partial charge in [-0.2, -0.15) is 0 Å². The van der Waals surface area contributed by atoms with Gasteiger partial charge in [-0.25, -0.2) is 34.1 Å². The van der Waals surface area contributed by atoms with E-state index in [0.29, 0.717) is 35.6 Å². The quantitative estimate of drug-likeness (QED) is 0.0214. The molecule has 0 saturated carbocycles. The SMILES string of the molecule is O=C(O)c1cc(OCCOCCn2cc(CNC(=O)c3ccc(-c4c5nc(c(-c6ccccc6)c6ccc([nH]6)c(-c6ccccc6)c6nc(c(-c7ccccc7)c7ccc4[nH]7)C=C6)C=C5)cc3)nn2)cc(OCCOCCn2cc(CNC(=O)c3ccc(-c4c5nc(c(-c6ccccc6)c6ccc([nH]6)c(-c6ccccc6)c6nc(c(-c7ccccc7)c7ccc4[nH]7)C=C6)C=C5)cc3)nn2)c1. The number of ether oxygens (including phenoxy) is 4. The molecule has 8 aromatic heterocycles. The van der Waals surface area contributed by atoms with E-state index in [1.54, 1.807) is 27.8 Å². The van der Waals surface area contributed by atoms with Gasteiger partial charge in [0.25, 0.3) is 11.8 Å². The standard InChI is InChI=1S/C111H86N16O8/c128-109(78-35-31-76(32-36-78)107-97-51-47-93(118-97)103(72-23-11-3-12-24-72)89-43-39-85(114-89)101(70-19-7-1-8-20-70)86-40-44-90(115-86)104(73-25-13-4-14-26-73)94-48-52-98(107)119-94)112-66-81-68-126(124-122-81)55-57-132-59-61-134-83-63-80(111(130)131)64-84(65-83)135-62-60-133-58-56-127-69-82(123-125-127)67-113-110(129)79-37-33-77(34-38-79)108-99-53-49-95(120-99)105(74-27-15-5-16-28-74)91-45-41-87(116-91)102(71-21-9-2-10-22-71)88-42-46-92(117-88)106(75-29-17-6-18-30-75)96-50-54-100(108)121-96/h1-54,63-65,68-69,114,116,119,121H,55-62,66-67H2,(H,112,128)(H,113,129)(H,130,131). The summed E-state index contributed by atoms with van der Waals surface area (Å²) in [6.45, 7) is 2.14. The molecule has 0 radical (unpaired) electrons. The monoisotopic (exact) mass is 1770 g/mol. The first kappa shape index (κ1) is 84.2. The second kappa shape index (κ2) is 38.2. The third kappa shape index (κ3) is 18.3. The Morgan fingerprint density at radius 3 is 0.770 bits per heavy atom. The van der Waals surface area contributed by atoms with Gasteiger partial charge in [0.05, 0.1) is 116 Å². The van der Waals surface area contributed by atoms with Crippen LogP contribution in [-0.4, -0.2) is 132 Å². The molecule has 135 heavy (non-hydrogen) atoms. The van der Waals surface area contributed by atoms with E-state index >= 15 is 0 Å². The lowest BCUT2D eigenvalue weighted by Crippen LogP contribution is -2.22. The Bertz CT molecular complexity index is 7330. The molecule has 0 fully saturated rings. The zero-order chi connectivity index (χ0) is 90.9. The maximum absolute atomic E-state index is 13.9. The fourth-order valence-corrected chi connectivity index (χ4v) is 17.5. The van der Waals surface area contributed by atoms with Gasteiger partial charge in [-0.1, -0.05) is 217 Å². The number of carboxylic acid groups (broad SMARTS) is 1. The van der Waals surface area contributed by atoms with E-state index in [-0.39, 0.29) is 81.6 Å². The second-order valence-corrected chi connectivity index (χ2v) is 32.6. The predicted molar refractivity (Wildman–Crippen MR) is 530 cm³/mol. The lowest BCUT2D eigenvalue weighted by Gasteiger charge is -2.12. The molecule has 0 spiro atoms. The summed E-state index contributed by atoms with van der Waals surface area (Å²) in [7, 11) is 0. The Kier molecular flexibility index (Phi) is 23.8. The summed E-state index contributed by atoms with van der Waals surface area (Å²) in [4.78, 5) is 77.0. The van der Waals surface area contributed by atoms with Crippen molar-refractivity contribution in [3.05, 3.63) is 383 Å². The maximum atomic E-state index is 13.9. The highest BCUT2D eigenvalue weighted by Crippen LogP contribution is 2.43. The molecule has 0 atom stereocenters. The van der Waals surface area contributed by atoms with Crippen molar-refractivity contribution in [1.82, 2.24) is 80.5 Å². The van der Waals surface area contributed by atoms with Gasteiger partial charge in [-0.15, -0.1) is 10.2 Å². The van der Waals surface area contributed by atoms with Crippen LogP contribution >= 0.6 is 0 Å². The molecule has 658 valence electrons. The zero-order valence-corrected chi connectivity index (χ0v) is 72.9. The number of carboxylic acids is 1. The number of amides is 2. The summed E-state index contributed by atoms with van der Waals surface area (Å²) < 4.78 is 26.9. The van der Waals surface area contributed by atoms with Crippen molar-refractivity contribution in [2.75, 3.05) is 39.6 Å². The van der Waals surface area contributed by atoms with Gasteiger partial charge in [0, 0.05) is 106 Å². The highest BCUT2D eigenvalue weighted by molar-refractivity contribution is 6.04. The highest BCUT2D eigenvalue weighted by Gasteiger charge is 2.25. The van der Waals surface area contributed by atoms with E-state index in [1.165, 1.54) is 12.1 Å². The smallest absolute Gasteiger partial charge is 0.335 e. The van der Waals surface area contributed by atoms with Crippen LogP contribution in [-0.2, 0) is 35.7 Å². The Balaban J connectivity index is 0.419. The Morgan fingerprint density at radius 2 is 0.526 bits per heavy atom. The Hall–Kier alpha value is -17.6. The molecule has 16 bridgehead atoms. The molecule has 21 rings (SSSR count). The summed E-state index contributed by atoms with van der Waals surface area (Å²) in [5, 5.41) is 33.2. The number of fused-ring (bicyclic) bond motifs is 16. The molecule has 4 aliphatic heterocycles. The number of rotatable bonds is 29. The topological polar surface area (TPSA) is 309 Å². The van der Waals surface area contributed by atoms with Gasteiger partial charge in [0.2, 0.25) is 0 Å². The molecule has 24 heteroatoms. The number of H-pyrrole nitrogens is 4. The number of nitrogens with one attached hydrogen (secondary N) is 6. The molecular formula is C111H86N16O8. The minimum Gasteiger partial charge on any atom is -0.491 e. The molecule has 9 aromatic carbocycles. The third-order valence-electron chi connectivity index (χ3n) is 23.8. The second-order valence-electron chi connectivity index (χ2n) is 32.6. The van der Waals surface area contributed by atoms with Crippen LogP contribution in [0.2, 0.25) is 0 Å². The summed E-state index contributed by atoms with van der Waals surface area (Å²) in [5.74, 6) is -1.14. The lowest BCUT2D eigenvalue weighted by atomic mass is 10.0. The van der Waals surface area contributed by atoms with Crippen molar-refractivity contribution >= 4 is 111 Å². The summed E-state index contributed by atoms with van der Waals surface area (Å²) in [6, 6.07) is 98.2. The number of aromatic nitrogens is 14. The Morgan fingerprint density at radius 1 is 0.281 bits per heavy atom. The van der Waals surface area contributed by atoms with Gasteiger partial charge in [0.1, 0.15) is 36.1 Å². The number of carbonyl (C=O) groups is 3. The first-order valence-corrected chi connectivity index (χ1v) is 44.5. The van der Waals surface area contributed by atoms with Crippen molar-refractivity contribution < 1.29 is 38.4 Å². The minimum atomic E-state index is -1.15. The Labute approximate surface area is 774 Å². The van der Waals surface area contributed by atoms with Crippen LogP contribution in [0.1, 0.15) is 88.0 Å². The van der Waals surface area contributed by atoms with E-state index in [2.05, 4.69) is 245 Å². The van der Waals surface area contributed by atoms with Crippen LogP contribution in [0.25, 0.3) is 182 Å². The van der Waals surface area contributed by atoms with E-state index in [4.69, 9.17) is 38.9 Å². The normalized spacial score (nSPS) is 11.9. The van der Waals surface area contributed by atoms with E-state index in [9.17, 15) is 19.5 Å². The van der Waals surface area contributed by atoms with Crippen molar-refractivity contribution in [1.29, 1.82) is 0 Å². The average molecular weight is 1770 g/mol. The first-order valence-electron chi connectivity index (χ1n) is 44.5. The van der Waals surface area contributed by atoms with Crippen molar-refractivity contribution in [2.24, 2.45) is 0 Å². The summed E-state index contributed by atoms with van der Waals surface area (Å²) >= 11 is 0. The molecule has 0 aliphatic carbocycles. The van der Waals surface area contributed by atoms with Crippen LogP contribution in [0.4, 0.5) is 0 Å². The van der Waals surface area contributed by atoms with Crippen LogP contribution in [0.3, 0.4) is 0 Å². The van der Waals surface area contributed by atoms with Crippen LogP contribution in [0, 0.1) is 0 Å². The van der Waals surface area contributed by atoms with E-state index in [0.717, 1.165) is 179 Å². The van der Waals surface area contributed by atoms with Crippen LogP contribution in [0.5, 0.6) is 11.5 Å². The number of aromatic carboxylic acids is 1. The van der Waals surface area contributed by atoms with Crippen LogP contribution in [0.15, 0.2) is 310 Å². The lowest BCUT2D eigenvalue weighted by molar-refractivity contribution is 0.0693.